The number of fused-ring (bicyclic) bond motifs is 3. The van der Waals surface area contributed by atoms with E-state index in [0.29, 0.717) is 17.8 Å². The second-order valence-corrected chi connectivity index (χ2v) is 11.4. The third kappa shape index (κ3) is 7.59. The summed E-state index contributed by atoms with van der Waals surface area (Å²) in [6, 6.07) is 7.29. The van der Waals surface area contributed by atoms with Crippen molar-refractivity contribution >= 4 is 28.8 Å². The first-order valence-corrected chi connectivity index (χ1v) is 13.2. The average molecular weight is 613 g/mol. The topological polar surface area (TPSA) is 94.7 Å². The van der Waals surface area contributed by atoms with Crippen molar-refractivity contribution < 1.29 is 45.5 Å². The molecule has 4 rings (SSSR count). The van der Waals surface area contributed by atoms with E-state index in [1.165, 1.54) is 11.9 Å². The molecule has 1 aromatic heterocycles. The smallest absolute Gasteiger partial charge is 0.416 e. The monoisotopic (exact) mass is 612 g/mol. The molecule has 0 fully saturated rings. The number of rotatable bonds is 5. The summed E-state index contributed by atoms with van der Waals surface area (Å²) < 4.78 is 85.1. The normalized spacial score (nSPS) is 16.1. The maximum Gasteiger partial charge on any atom is 0.416 e. The van der Waals surface area contributed by atoms with E-state index in [-0.39, 0.29) is 24.6 Å². The van der Waals surface area contributed by atoms with Gasteiger partial charge in [-0.15, -0.1) is 0 Å². The number of aromatic amines is 1. The number of ether oxygens (including phenoxy) is 1. The summed E-state index contributed by atoms with van der Waals surface area (Å²) in [6.07, 6.45) is -10.8. The number of alkyl carbamates (subject to hydrolysis) is 1. The van der Waals surface area contributed by atoms with Crippen molar-refractivity contribution in [1.82, 2.24) is 20.1 Å². The van der Waals surface area contributed by atoms with Crippen LogP contribution in [-0.2, 0) is 46.2 Å². The van der Waals surface area contributed by atoms with Crippen LogP contribution in [0.15, 0.2) is 42.5 Å². The van der Waals surface area contributed by atoms with E-state index < -0.39 is 66.1 Å². The summed E-state index contributed by atoms with van der Waals surface area (Å²) in [7, 11) is 1.21. The molecule has 3 aromatic rings. The molecule has 2 N–H and O–H groups in total. The molecule has 0 bridgehead atoms. The van der Waals surface area contributed by atoms with Crippen LogP contribution in [-0.4, -0.2) is 57.9 Å². The third-order valence-corrected chi connectivity index (χ3v) is 6.78. The van der Waals surface area contributed by atoms with Gasteiger partial charge in [0.2, 0.25) is 11.8 Å². The largest absolute Gasteiger partial charge is 0.444 e. The Bertz CT molecular complexity index is 1510. The lowest BCUT2D eigenvalue weighted by Crippen LogP contribution is -2.51. The second-order valence-electron chi connectivity index (χ2n) is 11.4. The van der Waals surface area contributed by atoms with Crippen molar-refractivity contribution in [1.29, 1.82) is 0 Å². The summed E-state index contributed by atoms with van der Waals surface area (Å²) in [4.78, 5) is 44.7. The first-order chi connectivity index (χ1) is 19.8. The number of alkyl halides is 6. The standard InChI is InChI=1S/C29H30F6N4O4/c1-27(2,3)43-26(42)37-22-12-20-19-7-5-6-8-21(19)36-23(20)14-39(25(22)41)15-24(40)38(4)13-16-9-17(28(30,31)32)11-18(10-16)29(33,34)35/h5-11,22,36H,12-15H2,1-4H3,(H,37,42)/t22-/m0/s1. The molecule has 8 nitrogen and oxygen atoms in total. The molecule has 232 valence electrons. The number of benzene rings is 2. The van der Waals surface area contributed by atoms with E-state index in [2.05, 4.69) is 10.3 Å². The van der Waals surface area contributed by atoms with E-state index >= 15 is 0 Å². The Labute approximate surface area is 243 Å². The molecular formula is C29H30F6N4O4. The number of H-pyrrole nitrogens is 1. The first-order valence-electron chi connectivity index (χ1n) is 13.2. The van der Waals surface area contributed by atoms with Crippen LogP contribution in [0.1, 0.15) is 48.7 Å². The molecule has 3 amide bonds. The Kier molecular flexibility index (Phi) is 8.44. The summed E-state index contributed by atoms with van der Waals surface area (Å²) in [5.41, 5.74) is -2.10. The van der Waals surface area contributed by atoms with Gasteiger partial charge in [-0.25, -0.2) is 4.79 Å². The van der Waals surface area contributed by atoms with Crippen LogP contribution >= 0.6 is 0 Å². The summed E-state index contributed by atoms with van der Waals surface area (Å²) in [6.45, 7) is 3.77. The van der Waals surface area contributed by atoms with E-state index in [9.17, 15) is 40.7 Å². The number of halogens is 6. The minimum Gasteiger partial charge on any atom is -0.444 e. The SMILES string of the molecule is CN(Cc1cc(C(F)(F)F)cc(C(F)(F)F)c1)C(=O)CN1Cc2[nH]c3ccccc3c2C[C@H](NC(=O)OC(C)(C)C)C1=O. The van der Waals surface area contributed by atoms with Gasteiger partial charge in [-0.2, -0.15) is 26.3 Å². The lowest BCUT2D eigenvalue weighted by molar-refractivity contribution is -0.143. The zero-order valence-corrected chi connectivity index (χ0v) is 23.7. The van der Waals surface area contributed by atoms with Crippen LogP contribution in [0.4, 0.5) is 31.1 Å². The number of carbonyl (C=O) groups is 3. The maximum atomic E-state index is 13.6. The molecule has 14 heteroatoms. The van der Waals surface area contributed by atoms with Crippen LogP contribution in [0.25, 0.3) is 10.9 Å². The predicted molar refractivity (Wildman–Crippen MR) is 143 cm³/mol. The molecule has 0 saturated carbocycles. The summed E-state index contributed by atoms with van der Waals surface area (Å²) in [5, 5.41) is 3.39. The molecule has 0 radical (unpaired) electrons. The molecule has 1 aliphatic heterocycles. The molecule has 1 atom stereocenters. The van der Waals surface area contributed by atoms with Gasteiger partial charge in [-0.05, 0) is 56.2 Å². The second kappa shape index (κ2) is 11.5. The van der Waals surface area contributed by atoms with Gasteiger partial charge >= 0.3 is 18.4 Å². The number of carbonyl (C=O) groups excluding carboxylic acids is 3. The van der Waals surface area contributed by atoms with Gasteiger partial charge in [0, 0.05) is 36.6 Å². The molecule has 1 aliphatic rings. The van der Waals surface area contributed by atoms with Crippen molar-refractivity contribution in [2.45, 2.75) is 64.3 Å². The summed E-state index contributed by atoms with van der Waals surface area (Å²) >= 11 is 0. The zero-order valence-electron chi connectivity index (χ0n) is 23.7. The third-order valence-electron chi connectivity index (χ3n) is 6.78. The number of likely N-dealkylation sites (N-methyl/N-ethyl adjacent to an activating group) is 1. The number of nitrogens with one attached hydrogen (secondary N) is 2. The Morgan fingerprint density at radius 2 is 1.63 bits per heavy atom. The lowest BCUT2D eigenvalue weighted by Gasteiger charge is -2.28. The highest BCUT2D eigenvalue weighted by Crippen LogP contribution is 2.36. The number of hydrogen-bond acceptors (Lipinski definition) is 4. The molecule has 0 spiro atoms. The van der Waals surface area contributed by atoms with Gasteiger partial charge in [-0.1, -0.05) is 18.2 Å². The van der Waals surface area contributed by atoms with E-state index in [0.717, 1.165) is 21.4 Å². The Balaban J connectivity index is 1.59. The Hall–Kier alpha value is -4.23. The Morgan fingerprint density at radius 3 is 2.21 bits per heavy atom. The van der Waals surface area contributed by atoms with Gasteiger partial charge in [-0.3, -0.25) is 9.59 Å². The number of nitrogens with zero attached hydrogens (tertiary/aromatic N) is 2. The van der Waals surface area contributed by atoms with Gasteiger partial charge in [0.1, 0.15) is 18.2 Å². The van der Waals surface area contributed by atoms with Gasteiger partial charge in [0.15, 0.2) is 0 Å². The molecule has 2 heterocycles. The van der Waals surface area contributed by atoms with Crippen LogP contribution in [0.2, 0.25) is 0 Å². The van der Waals surface area contributed by atoms with Crippen molar-refractivity contribution in [2.75, 3.05) is 13.6 Å². The van der Waals surface area contributed by atoms with Crippen LogP contribution in [0, 0.1) is 0 Å². The highest BCUT2D eigenvalue weighted by Gasteiger charge is 2.38. The minimum absolute atomic E-state index is 0.0109. The Morgan fingerprint density at radius 1 is 1.02 bits per heavy atom. The molecule has 0 saturated heterocycles. The van der Waals surface area contributed by atoms with Crippen molar-refractivity contribution in [3.8, 4) is 0 Å². The van der Waals surface area contributed by atoms with Crippen molar-refractivity contribution in [2.24, 2.45) is 0 Å². The van der Waals surface area contributed by atoms with E-state index in [1.54, 1.807) is 20.8 Å². The van der Waals surface area contributed by atoms with Gasteiger partial charge in [0.25, 0.3) is 0 Å². The molecule has 0 unspecified atom stereocenters. The van der Waals surface area contributed by atoms with Gasteiger partial charge < -0.3 is 24.8 Å². The fraction of sp³-hybridized carbons (Fsp3) is 0.414. The number of amides is 3. The van der Waals surface area contributed by atoms with Crippen LogP contribution in [0.5, 0.6) is 0 Å². The highest BCUT2D eigenvalue weighted by molar-refractivity contribution is 5.92. The van der Waals surface area contributed by atoms with Gasteiger partial charge in [0.05, 0.1) is 17.7 Å². The first kappa shape index (κ1) is 31.7. The minimum atomic E-state index is -5.04. The van der Waals surface area contributed by atoms with E-state index in [1.807, 2.05) is 24.3 Å². The highest BCUT2D eigenvalue weighted by atomic mass is 19.4. The summed E-state index contributed by atoms with van der Waals surface area (Å²) in [5.74, 6) is -1.35. The molecule has 2 aromatic carbocycles. The quantitative estimate of drug-likeness (QED) is 0.365. The van der Waals surface area contributed by atoms with E-state index in [4.69, 9.17) is 4.74 Å². The zero-order chi connectivity index (χ0) is 31.9. The molecule has 43 heavy (non-hydrogen) atoms. The average Bonchev–Trinajstić information content (AvgIpc) is 3.15. The number of para-hydroxylation sites is 1. The van der Waals surface area contributed by atoms with Crippen LogP contribution in [0.3, 0.4) is 0 Å². The molecular weight excluding hydrogens is 582 g/mol. The van der Waals surface area contributed by atoms with Crippen molar-refractivity contribution in [3.63, 3.8) is 0 Å². The number of aromatic nitrogens is 1. The molecule has 0 aliphatic carbocycles. The maximum absolute atomic E-state index is 13.6. The van der Waals surface area contributed by atoms with Crippen LogP contribution < -0.4 is 5.32 Å². The van der Waals surface area contributed by atoms with Crippen molar-refractivity contribution in [3.05, 3.63) is 70.4 Å². The fourth-order valence-corrected chi connectivity index (χ4v) is 4.86. The fourth-order valence-electron chi connectivity index (χ4n) is 4.86. The number of hydrogen-bond donors (Lipinski definition) is 2. The predicted octanol–water partition coefficient (Wildman–Crippen LogP) is 5.64. The lowest BCUT2D eigenvalue weighted by atomic mass is 10.0.